The van der Waals surface area contributed by atoms with Gasteiger partial charge in [-0.25, -0.2) is 9.97 Å². The normalized spacial score (nSPS) is 11.4. The molecule has 0 saturated carbocycles. The first-order valence-corrected chi connectivity index (χ1v) is 9.87. The Kier molecular flexibility index (Phi) is 3.50. The molecule has 7 nitrogen and oxygen atoms in total. The van der Waals surface area contributed by atoms with Gasteiger partial charge in [-0.05, 0) is 29.6 Å². The number of aromatic nitrogens is 7. The maximum Gasteiger partial charge on any atom is 0.181 e. The van der Waals surface area contributed by atoms with Gasteiger partial charge in [-0.1, -0.05) is 6.07 Å². The molecule has 0 aliphatic heterocycles. The second-order valence-electron chi connectivity index (χ2n) is 6.57. The Morgan fingerprint density at radius 1 is 0.897 bits per heavy atom. The van der Waals surface area contributed by atoms with Crippen LogP contribution < -0.4 is 0 Å². The fourth-order valence-corrected chi connectivity index (χ4v) is 4.27. The first-order chi connectivity index (χ1) is 14.4. The third kappa shape index (κ3) is 2.61. The van der Waals surface area contributed by atoms with Crippen LogP contribution in [0.1, 0.15) is 0 Å². The number of fused-ring (bicyclic) bond motifs is 2. The maximum atomic E-state index is 4.51. The molecule has 138 valence electrons. The molecule has 8 heteroatoms. The molecule has 0 unspecified atom stereocenters. The monoisotopic (exact) mass is 395 g/mol. The molecule has 6 aromatic rings. The Morgan fingerprint density at radius 2 is 1.90 bits per heavy atom. The molecule has 6 aromatic heterocycles. The second-order valence-corrected chi connectivity index (χ2v) is 7.51. The summed E-state index contributed by atoms with van der Waals surface area (Å²) in [6.45, 7) is 0. The van der Waals surface area contributed by atoms with E-state index in [9.17, 15) is 0 Å². The zero-order valence-corrected chi connectivity index (χ0v) is 15.8. The van der Waals surface area contributed by atoms with Crippen LogP contribution in [0.25, 0.3) is 55.2 Å². The van der Waals surface area contributed by atoms with Crippen LogP contribution in [-0.2, 0) is 0 Å². The third-order valence-electron chi connectivity index (χ3n) is 4.86. The minimum Gasteiger partial charge on any atom is -0.338 e. The molecule has 0 fully saturated rings. The van der Waals surface area contributed by atoms with Crippen molar-refractivity contribution in [3.63, 3.8) is 0 Å². The summed E-state index contributed by atoms with van der Waals surface area (Å²) in [4.78, 5) is 22.1. The SMILES string of the molecule is c1csc(-c2ccnc3[nH]c(-c4[nH]nc5ncc(-c6cnccn6)cc45)cc23)c1. The molecule has 2 N–H and O–H groups in total. The van der Waals surface area contributed by atoms with Gasteiger partial charge in [-0.15, -0.1) is 11.3 Å². The number of nitrogens with one attached hydrogen (secondary N) is 2. The first kappa shape index (κ1) is 16.1. The zero-order chi connectivity index (χ0) is 19.2. The highest BCUT2D eigenvalue weighted by atomic mass is 32.1. The number of nitrogens with zero attached hydrogens (tertiary/aromatic N) is 5. The lowest BCUT2D eigenvalue weighted by molar-refractivity contribution is 1.10. The maximum absolute atomic E-state index is 4.51. The largest absolute Gasteiger partial charge is 0.338 e. The van der Waals surface area contributed by atoms with Crippen molar-refractivity contribution >= 4 is 33.4 Å². The van der Waals surface area contributed by atoms with Gasteiger partial charge in [0.25, 0.3) is 0 Å². The van der Waals surface area contributed by atoms with Crippen LogP contribution in [0.2, 0.25) is 0 Å². The molecular weight excluding hydrogens is 382 g/mol. The third-order valence-corrected chi connectivity index (χ3v) is 5.76. The quantitative estimate of drug-likeness (QED) is 0.453. The van der Waals surface area contributed by atoms with Gasteiger partial charge in [0.15, 0.2) is 5.65 Å². The summed E-state index contributed by atoms with van der Waals surface area (Å²) in [5, 5.41) is 11.6. The van der Waals surface area contributed by atoms with Crippen molar-refractivity contribution in [2.75, 3.05) is 0 Å². The summed E-state index contributed by atoms with van der Waals surface area (Å²) in [6.07, 6.45) is 8.64. The molecular formula is C21H13N7S. The van der Waals surface area contributed by atoms with Gasteiger partial charge in [0.05, 0.1) is 23.3 Å². The highest BCUT2D eigenvalue weighted by Gasteiger charge is 2.15. The topological polar surface area (TPSA) is 96.0 Å². The van der Waals surface area contributed by atoms with E-state index in [1.165, 1.54) is 4.88 Å². The molecule has 0 amide bonds. The lowest BCUT2D eigenvalue weighted by atomic mass is 10.1. The Hall–Kier alpha value is -3.91. The van der Waals surface area contributed by atoms with E-state index in [-0.39, 0.29) is 0 Å². The predicted molar refractivity (Wildman–Crippen MR) is 113 cm³/mol. The van der Waals surface area contributed by atoms with Crippen molar-refractivity contribution in [1.82, 2.24) is 35.1 Å². The van der Waals surface area contributed by atoms with Crippen molar-refractivity contribution in [2.45, 2.75) is 0 Å². The number of aromatic amines is 2. The van der Waals surface area contributed by atoms with E-state index in [1.807, 2.05) is 18.3 Å². The van der Waals surface area contributed by atoms with Gasteiger partial charge in [-0.2, -0.15) is 5.10 Å². The summed E-state index contributed by atoms with van der Waals surface area (Å²) in [5.41, 5.74) is 6.10. The summed E-state index contributed by atoms with van der Waals surface area (Å²) in [5.74, 6) is 0. The molecule has 0 saturated heterocycles. The van der Waals surface area contributed by atoms with E-state index in [4.69, 9.17) is 0 Å². The average molecular weight is 395 g/mol. The first-order valence-electron chi connectivity index (χ1n) is 8.99. The Balaban J connectivity index is 1.53. The molecule has 6 rings (SSSR count). The molecule has 0 bridgehead atoms. The standard InChI is InChI=1S/C21H13N7S/c1-2-18(29-7-1)13-3-4-24-20-14(13)9-16(26-20)19-15-8-12(10-25-21(15)28-27-19)17-11-22-5-6-23-17/h1-11H,(H,24,26)(H,25,27,28). The Bertz CT molecular complexity index is 1450. The van der Waals surface area contributed by atoms with Gasteiger partial charge in [0, 0.05) is 51.6 Å². The van der Waals surface area contributed by atoms with Crippen molar-refractivity contribution in [2.24, 2.45) is 0 Å². The number of thiophene rings is 1. The number of rotatable bonds is 3. The lowest BCUT2D eigenvalue weighted by Gasteiger charge is -2.00. The van der Waals surface area contributed by atoms with Crippen LogP contribution >= 0.6 is 11.3 Å². The molecule has 29 heavy (non-hydrogen) atoms. The minimum absolute atomic E-state index is 0.651. The average Bonchev–Trinajstić information content (AvgIpc) is 3.52. The van der Waals surface area contributed by atoms with E-state index in [2.05, 4.69) is 58.7 Å². The molecule has 0 aliphatic rings. The molecule has 0 atom stereocenters. The van der Waals surface area contributed by atoms with Crippen LogP contribution in [0.5, 0.6) is 0 Å². The summed E-state index contributed by atoms with van der Waals surface area (Å²) in [6, 6.07) is 10.4. The van der Waals surface area contributed by atoms with E-state index < -0.39 is 0 Å². The minimum atomic E-state index is 0.651. The smallest absolute Gasteiger partial charge is 0.181 e. The second kappa shape index (κ2) is 6.32. The Morgan fingerprint density at radius 3 is 2.76 bits per heavy atom. The van der Waals surface area contributed by atoms with E-state index in [0.717, 1.165) is 44.6 Å². The fraction of sp³-hybridized carbons (Fsp3) is 0. The Labute approximate surface area is 168 Å². The van der Waals surface area contributed by atoms with Crippen LogP contribution in [-0.4, -0.2) is 35.1 Å². The van der Waals surface area contributed by atoms with Crippen LogP contribution in [0.4, 0.5) is 0 Å². The number of H-pyrrole nitrogens is 2. The van der Waals surface area contributed by atoms with E-state index >= 15 is 0 Å². The van der Waals surface area contributed by atoms with E-state index in [1.54, 1.807) is 36.1 Å². The summed E-state index contributed by atoms with van der Waals surface area (Å²) < 4.78 is 0. The van der Waals surface area contributed by atoms with E-state index in [0.29, 0.717) is 5.65 Å². The lowest BCUT2D eigenvalue weighted by Crippen LogP contribution is -1.86. The van der Waals surface area contributed by atoms with Gasteiger partial charge in [0.1, 0.15) is 5.65 Å². The number of hydrogen-bond donors (Lipinski definition) is 2. The molecule has 0 aromatic carbocycles. The van der Waals surface area contributed by atoms with Gasteiger partial charge in [-0.3, -0.25) is 15.1 Å². The molecule has 0 spiro atoms. The molecule has 6 heterocycles. The molecule has 0 radical (unpaired) electrons. The van der Waals surface area contributed by atoms with Crippen molar-refractivity contribution in [3.8, 4) is 33.1 Å². The number of pyridine rings is 2. The summed E-state index contributed by atoms with van der Waals surface area (Å²) >= 11 is 1.72. The van der Waals surface area contributed by atoms with Crippen LogP contribution in [0.3, 0.4) is 0 Å². The number of hydrogen-bond acceptors (Lipinski definition) is 6. The summed E-state index contributed by atoms with van der Waals surface area (Å²) in [7, 11) is 0. The van der Waals surface area contributed by atoms with Gasteiger partial charge < -0.3 is 4.98 Å². The van der Waals surface area contributed by atoms with Crippen molar-refractivity contribution < 1.29 is 0 Å². The van der Waals surface area contributed by atoms with Gasteiger partial charge in [0.2, 0.25) is 0 Å². The highest BCUT2D eigenvalue weighted by molar-refractivity contribution is 7.13. The fourth-order valence-electron chi connectivity index (χ4n) is 3.50. The van der Waals surface area contributed by atoms with Crippen molar-refractivity contribution in [1.29, 1.82) is 0 Å². The van der Waals surface area contributed by atoms with Crippen LogP contribution in [0, 0.1) is 0 Å². The highest BCUT2D eigenvalue weighted by Crippen LogP contribution is 2.35. The zero-order valence-electron chi connectivity index (χ0n) is 15.0. The van der Waals surface area contributed by atoms with Gasteiger partial charge >= 0.3 is 0 Å². The molecule has 0 aliphatic carbocycles. The van der Waals surface area contributed by atoms with Crippen molar-refractivity contribution in [3.05, 3.63) is 66.7 Å². The predicted octanol–water partition coefficient (Wildman–Crippen LogP) is 4.69. The van der Waals surface area contributed by atoms with Crippen LogP contribution in [0.15, 0.2) is 66.7 Å².